The van der Waals surface area contributed by atoms with Gasteiger partial charge in [-0.3, -0.25) is 14.4 Å². The number of hydrazone groups is 1. The monoisotopic (exact) mass is 457 g/mol. The second kappa shape index (κ2) is 11.4. The maximum absolute atomic E-state index is 12.3. The van der Waals surface area contributed by atoms with Gasteiger partial charge in [-0.15, -0.1) is 0 Å². The maximum Gasteiger partial charge on any atom is 0.329 e. The number of hydrogen-bond donors (Lipinski definition) is 4. The van der Waals surface area contributed by atoms with E-state index >= 15 is 0 Å². The summed E-state index contributed by atoms with van der Waals surface area (Å²) in [6, 6.07) is 22.6. The van der Waals surface area contributed by atoms with Crippen molar-refractivity contribution in [2.24, 2.45) is 5.10 Å². The van der Waals surface area contributed by atoms with Gasteiger partial charge in [0.1, 0.15) is 0 Å². The smallest absolute Gasteiger partial charge is 0.329 e. The Morgan fingerprint density at radius 1 is 0.765 bits per heavy atom. The second-order valence-corrected chi connectivity index (χ2v) is 7.85. The molecule has 0 aliphatic carbocycles. The van der Waals surface area contributed by atoms with Crippen molar-refractivity contribution in [3.63, 3.8) is 0 Å². The SMILES string of the molecule is C/C(CC(=O)Nc1ccc(Nc2ccccc2)cc1)=N\NC(=O)C(=O)Nc1cc(C)ccc1C. The van der Waals surface area contributed by atoms with E-state index in [-0.39, 0.29) is 12.3 Å². The predicted molar refractivity (Wildman–Crippen MR) is 135 cm³/mol. The van der Waals surface area contributed by atoms with Crippen molar-refractivity contribution in [2.75, 3.05) is 16.0 Å². The second-order valence-electron chi connectivity index (χ2n) is 7.85. The summed E-state index contributed by atoms with van der Waals surface area (Å²) in [4.78, 5) is 36.5. The van der Waals surface area contributed by atoms with Crippen LogP contribution in [-0.2, 0) is 14.4 Å². The fraction of sp³-hybridized carbons (Fsp3) is 0.154. The van der Waals surface area contributed by atoms with E-state index < -0.39 is 11.8 Å². The highest BCUT2D eigenvalue weighted by Crippen LogP contribution is 2.19. The molecule has 34 heavy (non-hydrogen) atoms. The lowest BCUT2D eigenvalue weighted by molar-refractivity contribution is -0.136. The van der Waals surface area contributed by atoms with Gasteiger partial charge in [-0.1, -0.05) is 30.3 Å². The number of para-hydroxylation sites is 1. The quantitative estimate of drug-likeness (QED) is 0.238. The minimum absolute atomic E-state index is 0.0388. The number of amides is 3. The van der Waals surface area contributed by atoms with Crippen LogP contribution in [0.1, 0.15) is 24.5 Å². The summed E-state index contributed by atoms with van der Waals surface area (Å²) in [5.74, 6) is -2.04. The molecule has 0 aromatic heterocycles. The first kappa shape index (κ1) is 24.2. The van der Waals surface area contributed by atoms with Crippen molar-refractivity contribution in [1.29, 1.82) is 0 Å². The molecule has 174 valence electrons. The molecule has 0 aliphatic heterocycles. The molecule has 0 fully saturated rings. The largest absolute Gasteiger partial charge is 0.356 e. The van der Waals surface area contributed by atoms with Crippen LogP contribution in [0.4, 0.5) is 22.7 Å². The van der Waals surface area contributed by atoms with E-state index in [1.165, 1.54) is 0 Å². The van der Waals surface area contributed by atoms with E-state index in [1.807, 2.05) is 68.4 Å². The molecule has 0 radical (unpaired) electrons. The molecular formula is C26H27N5O3. The maximum atomic E-state index is 12.3. The molecule has 3 aromatic carbocycles. The fourth-order valence-corrected chi connectivity index (χ4v) is 3.05. The first-order chi connectivity index (χ1) is 16.3. The summed E-state index contributed by atoms with van der Waals surface area (Å²) < 4.78 is 0. The molecule has 0 aliphatic rings. The first-order valence-electron chi connectivity index (χ1n) is 10.7. The van der Waals surface area contributed by atoms with Crippen LogP contribution < -0.4 is 21.4 Å². The van der Waals surface area contributed by atoms with Crippen LogP contribution in [0, 0.1) is 13.8 Å². The van der Waals surface area contributed by atoms with Gasteiger partial charge in [-0.25, -0.2) is 5.43 Å². The highest BCUT2D eigenvalue weighted by molar-refractivity contribution is 6.39. The molecule has 0 heterocycles. The Morgan fingerprint density at radius 3 is 2.12 bits per heavy atom. The number of aryl methyl sites for hydroxylation is 2. The van der Waals surface area contributed by atoms with E-state index in [0.29, 0.717) is 17.1 Å². The van der Waals surface area contributed by atoms with E-state index in [1.54, 1.807) is 25.1 Å². The van der Waals surface area contributed by atoms with Crippen LogP contribution in [0.15, 0.2) is 77.9 Å². The average molecular weight is 458 g/mol. The van der Waals surface area contributed by atoms with Gasteiger partial charge in [0.25, 0.3) is 0 Å². The number of anilines is 4. The van der Waals surface area contributed by atoms with Crippen LogP contribution in [0.3, 0.4) is 0 Å². The van der Waals surface area contributed by atoms with Gasteiger partial charge >= 0.3 is 11.8 Å². The number of carbonyl (C=O) groups excluding carboxylic acids is 3. The van der Waals surface area contributed by atoms with Crippen molar-refractivity contribution in [2.45, 2.75) is 27.2 Å². The van der Waals surface area contributed by atoms with Gasteiger partial charge in [0.05, 0.1) is 6.42 Å². The lowest BCUT2D eigenvalue weighted by Crippen LogP contribution is -2.33. The lowest BCUT2D eigenvalue weighted by Gasteiger charge is -2.09. The van der Waals surface area contributed by atoms with E-state index in [9.17, 15) is 14.4 Å². The summed E-state index contributed by atoms with van der Waals surface area (Å²) in [6.07, 6.45) is -0.0388. The van der Waals surface area contributed by atoms with E-state index in [2.05, 4.69) is 26.5 Å². The van der Waals surface area contributed by atoms with Crippen molar-refractivity contribution in [1.82, 2.24) is 5.43 Å². The van der Waals surface area contributed by atoms with Crippen LogP contribution in [0.25, 0.3) is 0 Å². The van der Waals surface area contributed by atoms with Gasteiger partial charge in [-0.05, 0) is 74.4 Å². The molecule has 0 spiro atoms. The molecule has 3 aromatic rings. The van der Waals surface area contributed by atoms with Crippen molar-refractivity contribution in [3.05, 3.63) is 83.9 Å². The molecule has 0 saturated heterocycles. The minimum atomic E-state index is -0.915. The fourth-order valence-electron chi connectivity index (χ4n) is 3.05. The van der Waals surface area contributed by atoms with Crippen LogP contribution >= 0.6 is 0 Å². The molecule has 0 atom stereocenters. The van der Waals surface area contributed by atoms with Gasteiger partial charge in [-0.2, -0.15) is 5.10 Å². The number of hydrogen-bond acceptors (Lipinski definition) is 5. The summed E-state index contributed by atoms with van der Waals surface area (Å²) in [5, 5.41) is 12.5. The molecule has 8 heteroatoms. The normalized spacial score (nSPS) is 10.9. The molecule has 0 unspecified atom stereocenters. The van der Waals surface area contributed by atoms with Gasteiger partial charge < -0.3 is 16.0 Å². The molecule has 8 nitrogen and oxygen atoms in total. The number of rotatable bonds is 7. The summed E-state index contributed by atoms with van der Waals surface area (Å²) >= 11 is 0. The third kappa shape index (κ3) is 7.30. The molecule has 3 rings (SSSR count). The molecule has 0 saturated carbocycles. The Morgan fingerprint density at radius 2 is 1.41 bits per heavy atom. The van der Waals surface area contributed by atoms with E-state index in [4.69, 9.17) is 0 Å². The highest BCUT2D eigenvalue weighted by Gasteiger charge is 2.15. The predicted octanol–water partition coefficient (Wildman–Crippen LogP) is 4.51. The Kier molecular flexibility index (Phi) is 8.12. The zero-order valence-corrected chi connectivity index (χ0v) is 19.3. The first-order valence-corrected chi connectivity index (χ1v) is 10.7. The third-order valence-corrected chi connectivity index (χ3v) is 4.84. The number of carbonyl (C=O) groups is 3. The van der Waals surface area contributed by atoms with Gasteiger partial charge in [0.15, 0.2) is 0 Å². The minimum Gasteiger partial charge on any atom is -0.356 e. The summed E-state index contributed by atoms with van der Waals surface area (Å²) in [6.45, 7) is 5.32. The Bertz CT molecular complexity index is 1200. The van der Waals surface area contributed by atoms with Crippen molar-refractivity contribution < 1.29 is 14.4 Å². The molecule has 0 bridgehead atoms. The van der Waals surface area contributed by atoms with Crippen LogP contribution in [0.5, 0.6) is 0 Å². The van der Waals surface area contributed by atoms with Crippen LogP contribution in [-0.4, -0.2) is 23.4 Å². The van der Waals surface area contributed by atoms with Crippen LogP contribution in [0.2, 0.25) is 0 Å². The molecule has 3 amide bonds. The zero-order valence-electron chi connectivity index (χ0n) is 19.3. The Balaban J connectivity index is 1.47. The Hall–Kier alpha value is -4.46. The van der Waals surface area contributed by atoms with Gasteiger partial charge in [0, 0.05) is 28.5 Å². The number of benzene rings is 3. The standard InChI is InChI=1S/C26H27N5O3/c1-17-9-10-18(2)23(15-17)29-25(33)26(34)31-30-19(3)16-24(32)28-22-13-11-21(12-14-22)27-20-7-5-4-6-8-20/h4-15,27H,16H2,1-3H3,(H,28,32)(H,29,33)(H,31,34)/b30-19+. The summed E-state index contributed by atoms with van der Waals surface area (Å²) in [5.41, 5.74) is 7.39. The molecule has 4 N–H and O–H groups in total. The summed E-state index contributed by atoms with van der Waals surface area (Å²) in [7, 11) is 0. The lowest BCUT2D eigenvalue weighted by atomic mass is 10.1. The van der Waals surface area contributed by atoms with Gasteiger partial charge in [0.2, 0.25) is 5.91 Å². The van der Waals surface area contributed by atoms with E-state index in [0.717, 1.165) is 22.5 Å². The zero-order chi connectivity index (χ0) is 24.5. The molecular weight excluding hydrogens is 430 g/mol. The van der Waals surface area contributed by atoms with Crippen molar-refractivity contribution >= 4 is 46.2 Å². The topological polar surface area (TPSA) is 112 Å². The third-order valence-electron chi connectivity index (χ3n) is 4.84. The highest BCUT2D eigenvalue weighted by atomic mass is 16.2. The number of nitrogens with zero attached hydrogens (tertiary/aromatic N) is 1. The number of nitrogens with one attached hydrogen (secondary N) is 4. The average Bonchev–Trinajstić information content (AvgIpc) is 2.81. The van der Waals surface area contributed by atoms with Crippen molar-refractivity contribution in [3.8, 4) is 0 Å². The Labute approximate surface area is 198 Å².